The van der Waals surface area contributed by atoms with Crippen LogP contribution in [0.3, 0.4) is 0 Å². The molecule has 1 saturated heterocycles. The van der Waals surface area contributed by atoms with Gasteiger partial charge in [0, 0.05) is 38.1 Å². The van der Waals surface area contributed by atoms with Crippen LogP contribution in [0, 0.1) is 0 Å². The van der Waals surface area contributed by atoms with Gasteiger partial charge in [-0.3, -0.25) is 4.79 Å². The summed E-state index contributed by atoms with van der Waals surface area (Å²) in [4.78, 5) is 14.1. The zero-order valence-electron chi connectivity index (χ0n) is 10.8. The molecule has 1 amide bonds. The molecule has 1 aliphatic heterocycles. The lowest BCUT2D eigenvalue weighted by Crippen LogP contribution is -2.52. The maximum Gasteiger partial charge on any atom is 0.224 e. The summed E-state index contributed by atoms with van der Waals surface area (Å²) in [5.74, 6) is 0.153. The average Bonchev–Trinajstić information content (AvgIpc) is 2.40. The Bertz CT molecular complexity index is 393. The van der Waals surface area contributed by atoms with E-state index in [0.29, 0.717) is 6.42 Å². The molecule has 1 aromatic carbocycles. The smallest absolute Gasteiger partial charge is 0.224 e. The molecule has 4 heteroatoms. The van der Waals surface area contributed by atoms with Crippen molar-refractivity contribution >= 4 is 5.91 Å². The molecule has 1 aromatic rings. The number of nitrogens with one attached hydrogen (secondary N) is 1. The van der Waals surface area contributed by atoms with Crippen molar-refractivity contribution in [1.29, 1.82) is 0 Å². The lowest BCUT2D eigenvalue weighted by atomic mass is 10.0. The van der Waals surface area contributed by atoms with E-state index in [1.54, 1.807) is 0 Å². The number of amides is 1. The number of nitrogens with zero attached hydrogens (tertiary/aromatic N) is 1. The van der Waals surface area contributed by atoms with Crippen molar-refractivity contribution in [3.8, 4) is 0 Å². The fraction of sp³-hybridized carbons (Fsp3) is 0.500. The second-order valence-corrected chi connectivity index (χ2v) is 4.86. The van der Waals surface area contributed by atoms with Crippen molar-refractivity contribution in [3.63, 3.8) is 0 Å². The second kappa shape index (κ2) is 5.98. The Balaban J connectivity index is 1.94. The first-order chi connectivity index (χ1) is 8.68. The highest BCUT2D eigenvalue weighted by atomic mass is 16.2. The van der Waals surface area contributed by atoms with Crippen LogP contribution in [-0.2, 0) is 4.79 Å². The first-order valence-electron chi connectivity index (χ1n) is 6.49. The van der Waals surface area contributed by atoms with Gasteiger partial charge in [-0.05, 0) is 12.5 Å². The zero-order chi connectivity index (χ0) is 13.0. The third-order valence-corrected chi connectivity index (χ3v) is 3.44. The van der Waals surface area contributed by atoms with Gasteiger partial charge in [-0.15, -0.1) is 0 Å². The van der Waals surface area contributed by atoms with Gasteiger partial charge in [0.2, 0.25) is 5.91 Å². The van der Waals surface area contributed by atoms with E-state index in [2.05, 4.69) is 12.2 Å². The predicted molar refractivity (Wildman–Crippen MR) is 72.0 cm³/mol. The molecule has 3 N–H and O–H groups in total. The number of benzene rings is 1. The molecule has 0 radical (unpaired) electrons. The maximum absolute atomic E-state index is 12.2. The molecule has 2 atom stereocenters. The monoisotopic (exact) mass is 247 g/mol. The van der Waals surface area contributed by atoms with E-state index in [9.17, 15) is 4.79 Å². The summed E-state index contributed by atoms with van der Waals surface area (Å²) in [6, 6.07) is 9.85. The van der Waals surface area contributed by atoms with Crippen molar-refractivity contribution in [3.05, 3.63) is 35.9 Å². The molecule has 18 heavy (non-hydrogen) atoms. The van der Waals surface area contributed by atoms with Gasteiger partial charge >= 0.3 is 0 Å². The molecule has 1 aliphatic rings. The molecule has 0 saturated carbocycles. The Kier molecular flexibility index (Phi) is 4.33. The molecule has 2 rings (SSSR count). The highest BCUT2D eigenvalue weighted by Gasteiger charge is 2.24. The van der Waals surface area contributed by atoms with Gasteiger partial charge in [0.05, 0.1) is 0 Å². The molecule has 1 fully saturated rings. The van der Waals surface area contributed by atoms with Gasteiger partial charge in [-0.1, -0.05) is 30.3 Å². The van der Waals surface area contributed by atoms with Crippen LogP contribution in [0.2, 0.25) is 0 Å². The van der Waals surface area contributed by atoms with E-state index in [1.807, 2.05) is 35.2 Å². The summed E-state index contributed by atoms with van der Waals surface area (Å²) < 4.78 is 0. The number of carbonyl (C=O) groups excluding carboxylic acids is 1. The first-order valence-corrected chi connectivity index (χ1v) is 6.49. The van der Waals surface area contributed by atoms with Gasteiger partial charge in [0.15, 0.2) is 0 Å². The SMILES string of the molecule is C[C@@H]1CNCCN1C(=O)CC(N)c1ccccc1. The third kappa shape index (κ3) is 3.09. The van der Waals surface area contributed by atoms with E-state index in [4.69, 9.17) is 5.73 Å². The Morgan fingerprint density at radius 3 is 2.89 bits per heavy atom. The Morgan fingerprint density at radius 2 is 2.22 bits per heavy atom. The quantitative estimate of drug-likeness (QED) is 0.834. The minimum atomic E-state index is -0.208. The van der Waals surface area contributed by atoms with Gasteiger partial charge in [0.1, 0.15) is 0 Å². The Labute approximate surface area is 108 Å². The topological polar surface area (TPSA) is 58.4 Å². The fourth-order valence-corrected chi connectivity index (χ4v) is 2.34. The molecule has 4 nitrogen and oxygen atoms in total. The first kappa shape index (κ1) is 13.1. The van der Waals surface area contributed by atoms with Crippen LogP contribution >= 0.6 is 0 Å². The van der Waals surface area contributed by atoms with Gasteiger partial charge in [-0.2, -0.15) is 0 Å². The van der Waals surface area contributed by atoms with E-state index in [-0.39, 0.29) is 18.0 Å². The summed E-state index contributed by atoms with van der Waals surface area (Å²) in [7, 11) is 0. The summed E-state index contributed by atoms with van der Waals surface area (Å²) in [5, 5.41) is 3.28. The average molecular weight is 247 g/mol. The van der Waals surface area contributed by atoms with Gasteiger partial charge in [-0.25, -0.2) is 0 Å². The number of rotatable bonds is 3. The summed E-state index contributed by atoms with van der Waals surface area (Å²) in [6.07, 6.45) is 0.383. The number of nitrogens with two attached hydrogens (primary N) is 1. The standard InChI is InChI=1S/C14H21N3O/c1-11-10-16-7-8-17(11)14(18)9-13(15)12-5-3-2-4-6-12/h2-6,11,13,16H,7-10,15H2,1H3/t11-,13?/m1/s1. The van der Waals surface area contributed by atoms with Gasteiger partial charge in [0.25, 0.3) is 0 Å². The molecule has 0 aromatic heterocycles. The highest BCUT2D eigenvalue weighted by molar-refractivity contribution is 5.77. The Morgan fingerprint density at radius 1 is 1.50 bits per heavy atom. The second-order valence-electron chi connectivity index (χ2n) is 4.86. The molecule has 0 aliphatic carbocycles. The van der Waals surface area contributed by atoms with Crippen molar-refractivity contribution in [1.82, 2.24) is 10.2 Å². The lowest BCUT2D eigenvalue weighted by molar-refractivity contribution is -0.134. The van der Waals surface area contributed by atoms with E-state index >= 15 is 0 Å². The highest BCUT2D eigenvalue weighted by Crippen LogP contribution is 2.16. The van der Waals surface area contributed by atoms with Crippen LogP contribution in [0.1, 0.15) is 24.9 Å². The van der Waals surface area contributed by atoms with Gasteiger partial charge < -0.3 is 16.0 Å². The summed E-state index contributed by atoms with van der Waals surface area (Å²) >= 11 is 0. The van der Waals surface area contributed by atoms with Crippen molar-refractivity contribution in [2.75, 3.05) is 19.6 Å². The minimum absolute atomic E-state index is 0.153. The number of carbonyl (C=O) groups is 1. The fourth-order valence-electron chi connectivity index (χ4n) is 2.34. The molecular formula is C14H21N3O. The maximum atomic E-state index is 12.2. The number of hydrogen-bond donors (Lipinski definition) is 2. The van der Waals surface area contributed by atoms with Crippen molar-refractivity contribution in [2.24, 2.45) is 5.73 Å². The summed E-state index contributed by atoms with van der Waals surface area (Å²) in [6.45, 7) is 4.59. The van der Waals surface area contributed by atoms with Crippen molar-refractivity contribution in [2.45, 2.75) is 25.4 Å². The normalized spacial score (nSPS) is 21.7. The number of hydrogen-bond acceptors (Lipinski definition) is 3. The van der Waals surface area contributed by atoms with Crippen LogP contribution in [0.15, 0.2) is 30.3 Å². The molecule has 98 valence electrons. The third-order valence-electron chi connectivity index (χ3n) is 3.44. The van der Waals surface area contributed by atoms with E-state index < -0.39 is 0 Å². The molecular weight excluding hydrogens is 226 g/mol. The molecule has 1 unspecified atom stereocenters. The van der Waals surface area contributed by atoms with E-state index in [1.165, 1.54) is 0 Å². The van der Waals surface area contributed by atoms with Crippen LogP contribution in [0.25, 0.3) is 0 Å². The van der Waals surface area contributed by atoms with Crippen LogP contribution < -0.4 is 11.1 Å². The summed E-state index contributed by atoms with van der Waals surface area (Å²) in [5.41, 5.74) is 7.11. The largest absolute Gasteiger partial charge is 0.337 e. The molecule has 0 spiro atoms. The zero-order valence-corrected chi connectivity index (χ0v) is 10.8. The van der Waals surface area contributed by atoms with Crippen LogP contribution in [0.5, 0.6) is 0 Å². The number of piperazine rings is 1. The lowest BCUT2D eigenvalue weighted by Gasteiger charge is -2.34. The molecule has 0 bridgehead atoms. The van der Waals surface area contributed by atoms with E-state index in [0.717, 1.165) is 25.2 Å². The predicted octanol–water partition coefficient (Wildman–Crippen LogP) is 0.897. The Hall–Kier alpha value is -1.39. The van der Waals surface area contributed by atoms with Crippen LogP contribution in [0.4, 0.5) is 0 Å². The van der Waals surface area contributed by atoms with Crippen LogP contribution in [-0.4, -0.2) is 36.5 Å². The van der Waals surface area contributed by atoms with Crippen molar-refractivity contribution < 1.29 is 4.79 Å². The minimum Gasteiger partial charge on any atom is -0.337 e. The molecule has 1 heterocycles.